The van der Waals surface area contributed by atoms with Crippen LogP contribution in [0.5, 0.6) is 0 Å². The average molecular weight is 279 g/mol. The molecule has 0 fully saturated rings. The van der Waals surface area contributed by atoms with Crippen LogP contribution >= 0.6 is 0 Å². The molecular weight excluding hydrogens is 258 g/mol. The van der Waals surface area contributed by atoms with Gasteiger partial charge in [-0.05, 0) is 49.1 Å². The number of rotatable bonds is 2. The highest BCUT2D eigenvalue weighted by atomic mass is 16.1. The topological polar surface area (TPSA) is 20.3 Å². The van der Waals surface area contributed by atoms with Crippen LogP contribution < -0.4 is 4.90 Å². The van der Waals surface area contributed by atoms with Crippen LogP contribution in [-0.4, -0.2) is 12.3 Å². The maximum Gasteiger partial charge on any atom is 0.165 e. The van der Waals surface area contributed by atoms with E-state index in [1.807, 2.05) is 18.2 Å². The molecule has 0 saturated heterocycles. The number of nitrogens with zero attached hydrogens (tertiary/aromatic N) is 1. The van der Waals surface area contributed by atoms with Crippen LogP contribution in [0.2, 0.25) is 0 Å². The Kier molecular flexibility index (Phi) is 3.78. The van der Waals surface area contributed by atoms with Crippen LogP contribution in [0.4, 0.5) is 5.69 Å². The number of anilines is 1. The maximum absolute atomic E-state index is 12.2. The summed E-state index contributed by atoms with van der Waals surface area (Å²) in [6.07, 6.45) is 1.58. The summed E-state index contributed by atoms with van der Waals surface area (Å²) in [5.74, 6) is 0.273. The van der Waals surface area contributed by atoms with E-state index in [1.165, 1.54) is 16.7 Å². The molecule has 21 heavy (non-hydrogen) atoms. The second-order valence-electron chi connectivity index (χ2n) is 5.84. The smallest absolute Gasteiger partial charge is 0.165 e. The summed E-state index contributed by atoms with van der Waals surface area (Å²) in [7, 11) is 0. The van der Waals surface area contributed by atoms with E-state index in [4.69, 9.17) is 0 Å². The third kappa shape index (κ3) is 2.71. The Morgan fingerprint density at radius 3 is 2.48 bits per heavy atom. The molecule has 0 aromatic heterocycles. The van der Waals surface area contributed by atoms with Gasteiger partial charge < -0.3 is 4.90 Å². The molecule has 0 amide bonds. The van der Waals surface area contributed by atoms with Gasteiger partial charge in [-0.15, -0.1) is 0 Å². The van der Waals surface area contributed by atoms with Crippen molar-refractivity contribution in [2.45, 2.75) is 33.2 Å². The summed E-state index contributed by atoms with van der Waals surface area (Å²) in [5.41, 5.74) is 5.98. The van der Waals surface area contributed by atoms with Gasteiger partial charge in [-0.3, -0.25) is 4.79 Å². The summed E-state index contributed by atoms with van der Waals surface area (Å²) in [6, 6.07) is 14.4. The monoisotopic (exact) mass is 279 g/mol. The molecule has 0 bridgehead atoms. The van der Waals surface area contributed by atoms with Gasteiger partial charge >= 0.3 is 0 Å². The molecule has 1 heterocycles. The molecule has 2 nitrogen and oxygen atoms in total. The highest BCUT2D eigenvalue weighted by molar-refractivity contribution is 6.01. The van der Waals surface area contributed by atoms with Crippen molar-refractivity contribution in [2.75, 3.05) is 11.4 Å². The normalized spacial score (nSPS) is 14.8. The molecule has 0 radical (unpaired) electrons. The SMILES string of the molecule is Cc1cccc(C)c1CN1CCCC(=O)c2ccccc21. The lowest BCUT2D eigenvalue weighted by Gasteiger charge is -2.26. The summed E-state index contributed by atoms with van der Waals surface area (Å²) < 4.78 is 0. The zero-order chi connectivity index (χ0) is 14.8. The molecular formula is C19H21NO. The average Bonchev–Trinajstić information content (AvgIpc) is 2.63. The summed E-state index contributed by atoms with van der Waals surface area (Å²) in [6.45, 7) is 6.15. The Bertz CT molecular complexity index is 655. The summed E-state index contributed by atoms with van der Waals surface area (Å²) in [5, 5.41) is 0. The maximum atomic E-state index is 12.2. The zero-order valence-corrected chi connectivity index (χ0v) is 12.7. The van der Waals surface area contributed by atoms with E-state index in [0.717, 1.165) is 30.8 Å². The third-order valence-electron chi connectivity index (χ3n) is 4.37. The molecule has 3 rings (SSSR count). The molecule has 108 valence electrons. The highest BCUT2D eigenvalue weighted by Crippen LogP contribution is 2.28. The Balaban J connectivity index is 1.99. The van der Waals surface area contributed by atoms with Crippen LogP contribution in [0.1, 0.15) is 39.9 Å². The van der Waals surface area contributed by atoms with Gasteiger partial charge in [0, 0.05) is 30.8 Å². The predicted octanol–water partition coefficient (Wildman–Crippen LogP) is 4.29. The fourth-order valence-corrected chi connectivity index (χ4v) is 3.12. The van der Waals surface area contributed by atoms with Crippen molar-refractivity contribution in [1.82, 2.24) is 0 Å². The number of benzene rings is 2. The lowest BCUT2D eigenvalue weighted by atomic mass is 10.0. The molecule has 1 aliphatic heterocycles. The van der Waals surface area contributed by atoms with Crippen molar-refractivity contribution in [1.29, 1.82) is 0 Å². The second-order valence-corrected chi connectivity index (χ2v) is 5.84. The number of para-hydroxylation sites is 1. The Hall–Kier alpha value is -2.09. The number of aryl methyl sites for hydroxylation is 2. The first kappa shape index (κ1) is 13.9. The molecule has 0 spiro atoms. The van der Waals surface area contributed by atoms with Crippen LogP contribution in [0.25, 0.3) is 0 Å². The molecule has 0 aliphatic carbocycles. The van der Waals surface area contributed by atoms with Crippen molar-refractivity contribution in [3.8, 4) is 0 Å². The molecule has 2 heteroatoms. The Morgan fingerprint density at radius 1 is 1.00 bits per heavy atom. The lowest BCUT2D eigenvalue weighted by Crippen LogP contribution is -2.24. The van der Waals surface area contributed by atoms with Crippen molar-refractivity contribution in [3.05, 3.63) is 64.7 Å². The van der Waals surface area contributed by atoms with Gasteiger partial charge in [0.1, 0.15) is 0 Å². The van der Waals surface area contributed by atoms with Gasteiger partial charge in [-0.2, -0.15) is 0 Å². The third-order valence-corrected chi connectivity index (χ3v) is 4.37. The van der Waals surface area contributed by atoms with Gasteiger partial charge in [-0.1, -0.05) is 30.3 Å². The summed E-state index contributed by atoms with van der Waals surface area (Å²) in [4.78, 5) is 14.6. The minimum atomic E-state index is 0.273. The van der Waals surface area contributed by atoms with Gasteiger partial charge in [0.25, 0.3) is 0 Å². The lowest BCUT2D eigenvalue weighted by molar-refractivity contribution is 0.0984. The van der Waals surface area contributed by atoms with Gasteiger partial charge in [0.05, 0.1) is 0 Å². The molecule has 0 unspecified atom stereocenters. The van der Waals surface area contributed by atoms with Crippen LogP contribution in [0.15, 0.2) is 42.5 Å². The van der Waals surface area contributed by atoms with E-state index in [0.29, 0.717) is 6.42 Å². The first-order valence-corrected chi connectivity index (χ1v) is 7.59. The molecule has 0 N–H and O–H groups in total. The number of Topliss-reactive ketones (excluding diaryl/α,β-unsaturated/α-hetero) is 1. The van der Waals surface area contributed by atoms with Gasteiger partial charge in [0.15, 0.2) is 5.78 Å². The van der Waals surface area contributed by atoms with Crippen LogP contribution in [0, 0.1) is 13.8 Å². The second kappa shape index (κ2) is 5.72. The predicted molar refractivity (Wildman–Crippen MR) is 87.0 cm³/mol. The fourth-order valence-electron chi connectivity index (χ4n) is 3.12. The Labute approximate surface area is 126 Å². The minimum absolute atomic E-state index is 0.273. The number of hydrogen-bond donors (Lipinski definition) is 0. The van der Waals surface area contributed by atoms with Crippen molar-refractivity contribution >= 4 is 11.5 Å². The number of carbonyl (C=O) groups is 1. The minimum Gasteiger partial charge on any atom is -0.367 e. The number of fused-ring (bicyclic) bond motifs is 1. The van der Waals surface area contributed by atoms with Crippen molar-refractivity contribution in [2.24, 2.45) is 0 Å². The van der Waals surface area contributed by atoms with E-state index in [-0.39, 0.29) is 5.78 Å². The number of hydrogen-bond acceptors (Lipinski definition) is 2. The molecule has 2 aromatic rings. The van der Waals surface area contributed by atoms with Crippen LogP contribution in [-0.2, 0) is 6.54 Å². The first-order chi connectivity index (χ1) is 10.2. The largest absolute Gasteiger partial charge is 0.367 e. The van der Waals surface area contributed by atoms with Gasteiger partial charge in [0.2, 0.25) is 0 Å². The highest BCUT2D eigenvalue weighted by Gasteiger charge is 2.21. The van der Waals surface area contributed by atoms with Crippen molar-refractivity contribution in [3.63, 3.8) is 0 Å². The van der Waals surface area contributed by atoms with E-state index in [9.17, 15) is 4.79 Å². The van der Waals surface area contributed by atoms with E-state index >= 15 is 0 Å². The van der Waals surface area contributed by atoms with E-state index < -0.39 is 0 Å². The molecule has 1 aliphatic rings. The standard InChI is InChI=1S/C19H21NO/c1-14-7-5-8-15(2)17(14)13-20-12-6-11-19(21)16-9-3-4-10-18(16)20/h3-5,7-10H,6,11-13H2,1-2H3. The number of ketones is 1. The van der Waals surface area contributed by atoms with Crippen molar-refractivity contribution < 1.29 is 4.79 Å². The molecule has 0 saturated carbocycles. The fraction of sp³-hybridized carbons (Fsp3) is 0.316. The van der Waals surface area contributed by atoms with E-state index in [2.05, 4.69) is 43.0 Å². The Morgan fingerprint density at radius 2 is 1.71 bits per heavy atom. The first-order valence-electron chi connectivity index (χ1n) is 7.59. The zero-order valence-electron chi connectivity index (χ0n) is 12.7. The summed E-state index contributed by atoms with van der Waals surface area (Å²) >= 11 is 0. The molecule has 2 aromatic carbocycles. The van der Waals surface area contributed by atoms with Gasteiger partial charge in [-0.25, -0.2) is 0 Å². The quantitative estimate of drug-likeness (QED) is 0.817. The molecule has 0 atom stereocenters. The van der Waals surface area contributed by atoms with Crippen LogP contribution in [0.3, 0.4) is 0 Å². The van der Waals surface area contributed by atoms with E-state index in [1.54, 1.807) is 0 Å². The number of carbonyl (C=O) groups excluding carboxylic acids is 1.